The molecule has 0 saturated carbocycles. The lowest BCUT2D eigenvalue weighted by Crippen LogP contribution is -2.43. The Hall–Kier alpha value is -1.51. The molecule has 0 unspecified atom stereocenters. The molecular weight excluding hydrogens is 268 g/mol. The van der Waals surface area contributed by atoms with Gasteiger partial charge in [0.05, 0.1) is 12.2 Å². The maximum atomic E-state index is 12.5. The number of amides is 1. The van der Waals surface area contributed by atoms with E-state index in [2.05, 4.69) is 4.98 Å². The number of primary amides is 1. The zero-order valence-electron chi connectivity index (χ0n) is 10.9. The Kier molecular flexibility index (Phi) is 4.98. The van der Waals surface area contributed by atoms with Crippen molar-refractivity contribution in [3.05, 3.63) is 24.0 Å². The van der Waals surface area contributed by atoms with E-state index >= 15 is 0 Å². The van der Waals surface area contributed by atoms with Crippen molar-refractivity contribution in [2.24, 2.45) is 11.5 Å². The Morgan fingerprint density at radius 2 is 2.11 bits per heavy atom. The molecule has 1 amide bonds. The number of sulfonamides is 1. The van der Waals surface area contributed by atoms with Crippen LogP contribution in [0.3, 0.4) is 0 Å². The molecule has 106 valence electrons. The first-order valence-corrected chi connectivity index (χ1v) is 7.18. The Morgan fingerprint density at radius 1 is 1.47 bits per heavy atom. The van der Waals surface area contributed by atoms with E-state index in [1.54, 1.807) is 13.8 Å². The lowest BCUT2D eigenvalue weighted by Gasteiger charge is -2.25. The van der Waals surface area contributed by atoms with Crippen LogP contribution in [0, 0.1) is 0 Å². The molecule has 0 radical (unpaired) electrons. The van der Waals surface area contributed by atoms with Crippen LogP contribution in [-0.4, -0.2) is 36.2 Å². The largest absolute Gasteiger partial charge is 0.369 e. The number of aromatic nitrogens is 1. The monoisotopic (exact) mass is 286 g/mol. The van der Waals surface area contributed by atoms with E-state index in [0.717, 1.165) is 4.31 Å². The first-order chi connectivity index (χ1) is 8.80. The molecular formula is C11H18N4O3S. The average Bonchev–Trinajstić information content (AvgIpc) is 2.35. The summed E-state index contributed by atoms with van der Waals surface area (Å²) in [7, 11) is -3.85. The van der Waals surface area contributed by atoms with Crippen LogP contribution < -0.4 is 11.5 Å². The molecule has 8 heteroatoms. The minimum atomic E-state index is -3.85. The van der Waals surface area contributed by atoms with Gasteiger partial charge in [0.2, 0.25) is 15.9 Å². The molecule has 0 aliphatic rings. The highest BCUT2D eigenvalue weighted by Crippen LogP contribution is 2.20. The van der Waals surface area contributed by atoms with E-state index in [9.17, 15) is 13.2 Å². The van der Waals surface area contributed by atoms with Crippen LogP contribution in [0.15, 0.2) is 23.2 Å². The van der Waals surface area contributed by atoms with E-state index in [1.807, 2.05) is 0 Å². The van der Waals surface area contributed by atoms with E-state index in [-0.39, 0.29) is 23.7 Å². The van der Waals surface area contributed by atoms with Gasteiger partial charge in [-0.1, -0.05) is 0 Å². The predicted molar refractivity (Wildman–Crippen MR) is 70.4 cm³/mol. The van der Waals surface area contributed by atoms with Crippen LogP contribution >= 0.6 is 0 Å². The van der Waals surface area contributed by atoms with E-state index in [4.69, 9.17) is 11.5 Å². The minimum absolute atomic E-state index is 0.00207. The molecule has 7 nitrogen and oxygen atoms in total. The second kappa shape index (κ2) is 6.09. The maximum Gasteiger partial charge on any atom is 0.245 e. The van der Waals surface area contributed by atoms with Crippen LogP contribution in [0.5, 0.6) is 0 Å². The Labute approximate surface area is 112 Å². The number of hydrogen-bond acceptors (Lipinski definition) is 5. The molecule has 0 aliphatic carbocycles. The molecule has 0 fully saturated rings. The minimum Gasteiger partial charge on any atom is -0.369 e. The standard InChI is InChI=1S/C11H18N4O3S/c1-8(2)15(7-11(13)16)19(17,18)10-4-3-5-14-9(10)6-12/h3-5,8H,6-7,12H2,1-2H3,(H2,13,16). The Morgan fingerprint density at radius 3 is 2.58 bits per heavy atom. The highest BCUT2D eigenvalue weighted by Gasteiger charge is 2.30. The average molecular weight is 286 g/mol. The van der Waals surface area contributed by atoms with Gasteiger partial charge in [0.15, 0.2) is 0 Å². The van der Waals surface area contributed by atoms with Gasteiger partial charge in [0, 0.05) is 18.8 Å². The van der Waals surface area contributed by atoms with Gasteiger partial charge in [0.1, 0.15) is 4.90 Å². The van der Waals surface area contributed by atoms with E-state index in [0.29, 0.717) is 0 Å². The normalized spacial score (nSPS) is 12.1. The molecule has 1 heterocycles. The summed E-state index contributed by atoms with van der Waals surface area (Å²) in [6.45, 7) is 2.95. The lowest BCUT2D eigenvalue weighted by atomic mass is 10.3. The second-order valence-electron chi connectivity index (χ2n) is 4.26. The van der Waals surface area contributed by atoms with Gasteiger partial charge in [0.25, 0.3) is 0 Å². The number of nitrogens with zero attached hydrogens (tertiary/aromatic N) is 2. The highest BCUT2D eigenvalue weighted by molar-refractivity contribution is 7.89. The SMILES string of the molecule is CC(C)N(CC(N)=O)S(=O)(=O)c1cccnc1CN. The van der Waals surface area contributed by atoms with Gasteiger partial charge >= 0.3 is 0 Å². The van der Waals surface area contributed by atoms with Crippen LogP contribution in [0.1, 0.15) is 19.5 Å². The fraction of sp³-hybridized carbons (Fsp3) is 0.455. The first-order valence-electron chi connectivity index (χ1n) is 5.74. The third-order valence-electron chi connectivity index (χ3n) is 2.52. The molecule has 1 aromatic rings. The number of hydrogen-bond donors (Lipinski definition) is 2. The Bertz CT molecular complexity index is 557. The summed E-state index contributed by atoms with van der Waals surface area (Å²) >= 11 is 0. The van der Waals surface area contributed by atoms with Gasteiger partial charge in [-0.2, -0.15) is 4.31 Å². The zero-order chi connectivity index (χ0) is 14.6. The summed E-state index contributed by atoms with van der Waals surface area (Å²) in [5.41, 5.74) is 10.8. The molecule has 1 rings (SSSR count). The highest BCUT2D eigenvalue weighted by atomic mass is 32.2. The number of carbonyl (C=O) groups excluding carboxylic acids is 1. The van der Waals surface area contributed by atoms with Crippen molar-refractivity contribution in [3.8, 4) is 0 Å². The topological polar surface area (TPSA) is 119 Å². The van der Waals surface area contributed by atoms with Crippen LogP contribution in [0.25, 0.3) is 0 Å². The van der Waals surface area contributed by atoms with Crippen molar-refractivity contribution < 1.29 is 13.2 Å². The van der Waals surface area contributed by atoms with Gasteiger partial charge in [-0.15, -0.1) is 0 Å². The van der Waals surface area contributed by atoms with Crippen molar-refractivity contribution in [2.45, 2.75) is 31.3 Å². The number of nitrogens with two attached hydrogens (primary N) is 2. The quantitative estimate of drug-likeness (QED) is 0.725. The summed E-state index contributed by atoms with van der Waals surface area (Å²) in [4.78, 5) is 15.0. The second-order valence-corrected chi connectivity index (χ2v) is 6.12. The van der Waals surface area contributed by atoms with Crippen molar-refractivity contribution in [1.29, 1.82) is 0 Å². The molecule has 0 saturated heterocycles. The molecule has 0 atom stereocenters. The van der Waals surface area contributed by atoms with Crippen LogP contribution in [-0.2, 0) is 21.4 Å². The smallest absolute Gasteiger partial charge is 0.245 e. The number of carbonyl (C=O) groups is 1. The van der Waals surface area contributed by atoms with Gasteiger partial charge in [-0.05, 0) is 26.0 Å². The number of pyridine rings is 1. The van der Waals surface area contributed by atoms with Crippen molar-refractivity contribution in [1.82, 2.24) is 9.29 Å². The maximum absolute atomic E-state index is 12.5. The third-order valence-corrected chi connectivity index (χ3v) is 4.61. The molecule has 1 aromatic heterocycles. The Balaban J connectivity index is 3.31. The van der Waals surface area contributed by atoms with Crippen LogP contribution in [0.4, 0.5) is 0 Å². The first kappa shape index (κ1) is 15.5. The summed E-state index contributed by atoms with van der Waals surface area (Å²) in [5.74, 6) is -0.713. The molecule has 19 heavy (non-hydrogen) atoms. The van der Waals surface area contributed by atoms with Gasteiger partial charge < -0.3 is 11.5 Å². The zero-order valence-corrected chi connectivity index (χ0v) is 11.7. The molecule has 0 aliphatic heterocycles. The third kappa shape index (κ3) is 3.49. The molecule has 0 bridgehead atoms. The van der Waals surface area contributed by atoms with Crippen LogP contribution in [0.2, 0.25) is 0 Å². The summed E-state index contributed by atoms with van der Waals surface area (Å²) in [5, 5.41) is 0. The van der Waals surface area contributed by atoms with Gasteiger partial charge in [-0.3, -0.25) is 9.78 Å². The number of rotatable bonds is 6. The van der Waals surface area contributed by atoms with Crippen molar-refractivity contribution >= 4 is 15.9 Å². The summed E-state index contributed by atoms with van der Waals surface area (Å²) in [6, 6.07) is 2.53. The summed E-state index contributed by atoms with van der Waals surface area (Å²) < 4.78 is 26.1. The van der Waals surface area contributed by atoms with Gasteiger partial charge in [-0.25, -0.2) is 8.42 Å². The molecule has 0 aromatic carbocycles. The lowest BCUT2D eigenvalue weighted by molar-refractivity contribution is -0.118. The van der Waals surface area contributed by atoms with E-state index < -0.39 is 22.0 Å². The molecule has 4 N–H and O–H groups in total. The van der Waals surface area contributed by atoms with E-state index in [1.165, 1.54) is 18.3 Å². The summed E-state index contributed by atoms with van der Waals surface area (Å²) in [6.07, 6.45) is 1.47. The van der Waals surface area contributed by atoms with Crippen molar-refractivity contribution in [3.63, 3.8) is 0 Å². The fourth-order valence-electron chi connectivity index (χ4n) is 1.64. The van der Waals surface area contributed by atoms with Crippen molar-refractivity contribution in [2.75, 3.05) is 6.54 Å². The molecule has 0 spiro atoms. The fourth-order valence-corrected chi connectivity index (χ4v) is 3.43. The predicted octanol–water partition coefficient (Wildman–Crippen LogP) is -0.575.